The van der Waals surface area contributed by atoms with Gasteiger partial charge in [-0.15, -0.1) is 11.3 Å². The molecule has 0 radical (unpaired) electrons. The van der Waals surface area contributed by atoms with E-state index >= 15 is 0 Å². The van der Waals surface area contributed by atoms with Crippen molar-refractivity contribution in [3.05, 3.63) is 79.4 Å². The minimum atomic E-state index is -0.0653. The van der Waals surface area contributed by atoms with Crippen LogP contribution < -0.4 is 10.3 Å². The summed E-state index contributed by atoms with van der Waals surface area (Å²) in [5.74, 6) is 1.51. The van der Waals surface area contributed by atoms with E-state index in [4.69, 9.17) is 9.72 Å². The second-order valence-corrected chi connectivity index (χ2v) is 13.6. The van der Waals surface area contributed by atoms with Gasteiger partial charge in [0.1, 0.15) is 10.6 Å². The molecule has 1 aliphatic rings. The molecule has 0 amide bonds. The molecule has 4 aromatic rings. The van der Waals surface area contributed by atoms with Gasteiger partial charge in [0.05, 0.1) is 23.4 Å². The topological polar surface area (TPSA) is 61.2 Å². The summed E-state index contributed by atoms with van der Waals surface area (Å²) < 4.78 is 8.20. The summed E-state index contributed by atoms with van der Waals surface area (Å²) >= 11 is 6.37. The SMILES string of the molecule is CCOc1ccc(-n2c(SCC(=O)c3ccc(Br)cc3)nc3sc4c(c3c2=O)CCC(C(C)(C)C)C4)cc1. The quantitative estimate of drug-likeness (QED) is 0.122. The highest BCUT2D eigenvalue weighted by molar-refractivity contribution is 9.10. The third-order valence-electron chi connectivity index (χ3n) is 7.18. The highest BCUT2D eigenvalue weighted by Gasteiger charge is 2.32. The van der Waals surface area contributed by atoms with E-state index in [-0.39, 0.29) is 22.5 Å². The molecular formula is C30H31BrN2O3S2. The Labute approximate surface area is 239 Å². The number of thioether (sulfide) groups is 1. The van der Waals surface area contributed by atoms with Crippen molar-refractivity contribution in [2.24, 2.45) is 11.3 Å². The van der Waals surface area contributed by atoms with E-state index in [1.807, 2.05) is 55.5 Å². The summed E-state index contributed by atoms with van der Waals surface area (Å²) in [7, 11) is 0. The van der Waals surface area contributed by atoms with Gasteiger partial charge in [-0.2, -0.15) is 0 Å². The molecule has 2 heterocycles. The summed E-state index contributed by atoms with van der Waals surface area (Å²) in [6.45, 7) is 9.40. The molecule has 0 fully saturated rings. The molecular weight excluding hydrogens is 580 g/mol. The van der Waals surface area contributed by atoms with Crippen molar-refractivity contribution in [1.82, 2.24) is 9.55 Å². The van der Waals surface area contributed by atoms with E-state index < -0.39 is 0 Å². The van der Waals surface area contributed by atoms with Gasteiger partial charge in [0.15, 0.2) is 10.9 Å². The molecule has 5 rings (SSSR count). The van der Waals surface area contributed by atoms with Crippen LogP contribution in [0.25, 0.3) is 15.9 Å². The normalized spacial score (nSPS) is 15.4. The fourth-order valence-corrected chi connectivity index (χ4v) is 7.49. The number of aryl methyl sites for hydroxylation is 1. The fraction of sp³-hybridized carbons (Fsp3) is 0.367. The zero-order chi connectivity index (χ0) is 27.0. The van der Waals surface area contributed by atoms with Gasteiger partial charge in [-0.05, 0) is 79.5 Å². The molecule has 0 spiro atoms. The smallest absolute Gasteiger partial charge is 0.267 e. The van der Waals surface area contributed by atoms with Crippen LogP contribution in [0.3, 0.4) is 0 Å². The number of ether oxygens (including phenoxy) is 1. The van der Waals surface area contributed by atoms with Crippen molar-refractivity contribution in [2.45, 2.75) is 52.1 Å². The van der Waals surface area contributed by atoms with Crippen molar-refractivity contribution < 1.29 is 9.53 Å². The maximum Gasteiger partial charge on any atom is 0.267 e. The lowest BCUT2D eigenvalue weighted by molar-refractivity contribution is 0.102. The third-order valence-corrected chi connectivity index (χ3v) is 9.80. The predicted molar refractivity (Wildman–Crippen MR) is 161 cm³/mol. The number of Topliss-reactive ketones (excluding diaryl/α,β-unsaturated/α-hetero) is 1. The van der Waals surface area contributed by atoms with E-state index in [1.165, 1.54) is 16.6 Å². The summed E-state index contributed by atoms with van der Waals surface area (Å²) in [4.78, 5) is 34.1. The van der Waals surface area contributed by atoms with E-state index in [1.54, 1.807) is 15.9 Å². The largest absolute Gasteiger partial charge is 0.494 e. The molecule has 5 nitrogen and oxygen atoms in total. The van der Waals surface area contributed by atoms with Crippen molar-refractivity contribution in [2.75, 3.05) is 12.4 Å². The van der Waals surface area contributed by atoms with Gasteiger partial charge in [0.25, 0.3) is 5.56 Å². The predicted octanol–water partition coefficient (Wildman–Crippen LogP) is 7.73. The fourth-order valence-electron chi connectivity index (χ4n) is 4.98. The molecule has 0 saturated carbocycles. The lowest BCUT2D eigenvalue weighted by Gasteiger charge is -2.33. The molecule has 0 N–H and O–H groups in total. The highest BCUT2D eigenvalue weighted by Crippen LogP contribution is 2.42. The molecule has 0 aliphatic heterocycles. The molecule has 2 aromatic heterocycles. The highest BCUT2D eigenvalue weighted by atomic mass is 79.9. The lowest BCUT2D eigenvalue weighted by atomic mass is 9.72. The number of carbonyl (C=O) groups excluding carboxylic acids is 1. The molecule has 38 heavy (non-hydrogen) atoms. The van der Waals surface area contributed by atoms with Crippen LogP contribution in [0.2, 0.25) is 0 Å². The van der Waals surface area contributed by atoms with Crippen LogP contribution in [-0.2, 0) is 12.8 Å². The first-order chi connectivity index (χ1) is 18.2. The summed E-state index contributed by atoms with van der Waals surface area (Å²) in [5.41, 5.74) is 2.67. The van der Waals surface area contributed by atoms with Gasteiger partial charge in [0.2, 0.25) is 0 Å². The maximum atomic E-state index is 14.1. The van der Waals surface area contributed by atoms with Crippen LogP contribution in [0.5, 0.6) is 5.75 Å². The molecule has 8 heteroatoms. The zero-order valence-electron chi connectivity index (χ0n) is 22.0. The van der Waals surface area contributed by atoms with Crippen molar-refractivity contribution in [3.63, 3.8) is 0 Å². The average Bonchev–Trinajstić information content (AvgIpc) is 3.26. The molecule has 198 valence electrons. The van der Waals surface area contributed by atoms with Crippen LogP contribution in [0.15, 0.2) is 63.0 Å². The van der Waals surface area contributed by atoms with Crippen LogP contribution in [0.1, 0.15) is 54.9 Å². The van der Waals surface area contributed by atoms with Gasteiger partial charge in [-0.25, -0.2) is 4.98 Å². The van der Waals surface area contributed by atoms with Crippen LogP contribution in [0.4, 0.5) is 0 Å². The van der Waals surface area contributed by atoms with E-state index in [2.05, 4.69) is 36.7 Å². The number of halogens is 1. The summed E-state index contributed by atoms with van der Waals surface area (Å²) in [6.07, 6.45) is 2.95. The first-order valence-corrected chi connectivity index (χ1v) is 15.5. The molecule has 1 atom stereocenters. The van der Waals surface area contributed by atoms with Crippen molar-refractivity contribution >= 4 is 55.0 Å². The first kappa shape index (κ1) is 27.2. The lowest BCUT2D eigenvalue weighted by Crippen LogP contribution is -2.27. The summed E-state index contributed by atoms with van der Waals surface area (Å²) in [5, 5.41) is 1.26. The Bertz CT molecular complexity index is 1530. The Balaban J connectivity index is 1.57. The monoisotopic (exact) mass is 610 g/mol. The number of nitrogens with zero attached hydrogens (tertiary/aromatic N) is 2. The Kier molecular flexibility index (Phi) is 7.85. The van der Waals surface area contributed by atoms with Crippen LogP contribution in [0, 0.1) is 11.3 Å². The van der Waals surface area contributed by atoms with Gasteiger partial charge in [0, 0.05) is 14.9 Å². The molecule has 2 aromatic carbocycles. The van der Waals surface area contributed by atoms with Crippen LogP contribution in [-0.4, -0.2) is 27.7 Å². The Hall–Kier alpha value is -2.42. The average molecular weight is 612 g/mol. The number of aromatic nitrogens is 2. The molecule has 0 saturated heterocycles. The van der Waals surface area contributed by atoms with Gasteiger partial charge < -0.3 is 4.74 Å². The Morgan fingerprint density at radius 1 is 1.16 bits per heavy atom. The number of carbonyl (C=O) groups is 1. The van der Waals surface area contributed by atoms with E-state index in [9.17, 15) is 9.59 Å². The molecule has 1 aliphatic carbocycles. The second kappa shape index (κ2) is 11.0. The number of rotatable bonds is 7. The standard InChI is InChI=1S/C30H31BrN2O3S2/c1-5-36-22-13-11-21(12-14-22)33-28(35)26-23-15-8-19(30(2,3)4)16-25(23)38-27(26)32-29(33)37-17-24(34)18-6-9-20(31)10-7-18/h6-7,9-14,19H,5,8,15-17H2,1-4H3. The number of hydrogen-bond acceptors (Lipinski definition) is 6. The minimum absolute atomic E-state index is 0.00594. The summed E-state index contributed by atoms with van der Waals surface area (Å²) in [6, 6.07) is 14.8. The number of thiophene rings is 1. The van der Waals surface area contributed by atoms with Gasteiger partial charge >= 0.3 is 0 Å². The Morgan fingerprint density at radius 3 is 2.53 bits per heavy atom. The molecule has 0 bridgehead atoms. The van der Waals surface area contributed by atoms with Crippen molar-refractivity contribution in [3.8, 4) is 11.4 Å². The van der Waals surface area contributed by atoms with E-state index in [0.29, 0.717) is 23.2 Å². The first-order valence-electron chi connectivity index (χ1n) is 12.9. The Morgan fingerprint density at radius 2 is 1.87 bits per heavy atom. The van der Waals surface area contributed by atoms with Gasteiger partial charge in [-0.3, -0.25) is 14.2 Å². The number of hydrogen-bond donors (Lipinski definition) is 0. The number of ketones is 1. The third kappa shape index (κ3) is 5.49. The maximum absolute atomic E-state index is 14.1. The zero-order valence-corrected chi connectivity index (χ0v) is 25.3. The minimum Gasteiger partial charge on any atom is -0.494 e. The number of fused-ring (bicyclic) bond motifs is 3. The molecule has 1 unspecified atom stereocenters. The van der Waals surface area contributed by atoms with E-state index in [0.717, 1.165) is 51.0 Å². The van der Waals surface area contributed by atoms with Gasteiger partial charge in [-0.1, -0.05) is 60.6 Å². The second-order valence-electron chi connectivity index (χ2n) is 10.7. The van der Waals surface area contributed by atoms with Crippen LogP contribution >= 0.6 is 39.0 Å². The number of benzene rings is 2. The van der Waals surface area contributed by atoms with Crippen molar-refractivity contribution in [1.29, 1.82) is 0 Å².